The molecule has 1 atom stereocenters. The van der Waals surface area contributed by atoms with Crippen molar-refractivity contribution in [3.05, 3.63) is 29.3 Å². The molecule has 0 amide bonds. The Kier molecular flexibility index (Phi) is 5.24. The summed E-state index contributed by atoms with van der Waals surface area (Å²) in [7, 11) is 0. The maximum absolute atomic E-state index is 12.2. The summed E-state index contributed by atoms with van der Waals surface area (Å²) in [6, 6.07) is 6.54. The summed E-state index contributed by atoms with van der Waals surface area (Å²) in [5, 5.41) is 14.6. The van der Waals surface area contributed by atoms with Crippen molar-refractivity contribution in [2.24, 2.45) is 4.99 Å². The van der Waals surface area contributed by atoms with Gasteiger partial charge in [-0.15, -0.1) is 16.8 Å². The summed E-state index contributed by atoms with van der Waals surface area (Å²) in [5.74, 6) is 0.344. The molecule has 106 valence electrons. The van der Waals surface area contributed by atoms with E-state index in [1.54, 1.807) is 18.0 Å². The molecule has 6 heteroatoms. The zero-order valence-corrected chi connectivity index (χ0v) is 12.1. The van der Waals surface area contributed by atoms with Gasteiger partial charge in [0.2, 0.25) is 12.2 Å². The fourth-order valence-corrected chi connectivity index (χ4v) is 2.84. The Hall–Kier alpha value is -1.74. The SMILES string of the molecule is CSc1ccc2c(c1)CCC2N/C(=N\C#N)NCCF. The van der Waals surface area contributed by atoms with Crippen molar-refractivity contribution in [1.82, 2.24) is 10.6 Å². The van der Waals surface area contributed by atoms with Crippen LogP contribution in [0.25, 0.3) is 0 Å². The Morgan fingerprint density at radius 3 is 3.15 bits per heavy atom. The van der Waals surface area contributed by atoms with Gasteiger partial charge in [-0.3, -0.25) is 0 Å². The van der Waals surface area contributed by atoms with Gasteiger partial charge in [0.05, 0.1) is 6.04 Å². The van der Waals surface area contributed by atoms with Gasteiger partial charge in [-0.05, 0) is 42.4 Å². The lowest BCUT2D eigenvalue weighted by Crippen LogP contribution is -2.39. The summed E-state index contributed by atoms with van der Waals surface area (Å²) in [4.78, 5) is 4.92. The Morgan fingerprint density at radius 1 is 1.60 bits per heavy atom. The Labute approximate surface area is 122 Å². The maximum atomic E-state index is 12.2. The lowest BCUT2D eigenvalue weighted by Gasteiger charge is -2.17. The average molecular weight is 292 g/mol. The van der Waals surface area contributed by atoms with Crippen molar-refractivity contribution in [1.29, 1.82) is 5.26 Å². The minimum absolute atomic E-state index is 0.125. The zero-order valence-electron chi connectivity index (χ0n) is 11.3. The molecule has 1 aliphatic rings. The summed E-state index contributed by atoms with van der Waals surface area (Å²) < 4.78 is 12.2. The van der Waals surface area contributed by atoms with Crippen molar-refractivity contribution in [3.63, 3.8) is 0 Å². The summed E-state index contributed by atoms with van der Waals surface area (Å²) in [6.07, 6.45) is 5.75. The van der Waals surface area contributed by atoms with Crippen LogP contribution in [-0.2, 0) is 6.42 Å². The minimum atomic E-state index is -0.496. The number of nitrogens with zero attached hydrogens (tertiary/aromatic N) is 2. The first kappa shape index (κ1) is 14.7. The molecule has 1 unspecified atom stereocenters. The summed E-state index contributed by atoms with van der Waals surface area (Å²) in [5.41, 5.74) is 2.56. The van der Waals surface area contributed by atoms with Crippen molar-refractivity contribution in [2.75, 3.05) is 19.5 Å². The van der Waals surface area contributed by atoms with Crippen LogP contribution in [0.5, 0.6) is 0 Å². The van der Waals surface area contributed by atoms with Crippen LogP contribution in [0.1, 0.15) is 23.6 Å². The van der Waals surface area contributed by atoms with Gasteiger partial charge in [0.1, 0.15) is 6.67 Å². The molecule has 0 spiro atoms. The van der Waals surface area contributed by atoms with Gasteiger partial charge in [0.25, 0.3) is 0 Å². The number of halogens is 1. The third kappa shape index (κ3) is 3.42. The number of nitrogens with one attached hydrogen (secondary N) is 2. The molecule has 0 radical (unpaired) electrons. The first-order valence-corrected chi connectivity index (χ1v) is 7.71. The maximum Gasteiger partial charge on any atom is 0.209 e. The van der Waals surface area contributed by atoms with E-state index in [0.717, 1.165) is 12.8 Å². The third-order valence-electron chi connectivity index (χ3n) is 3.29. The Morgan fingerprint density at radius 2 is 2.45 bits per heavy atom. The van der Waals surface area contributed by atoms with E-state index in [1.807, 2.05) is 0 Å². The first-order chi connectivity index (χ1) is 9.78. The monoisotopic (exact) mass is 292 g/mol. The molecule has 2 rings (SSSR count). The molecule has 4 nitrogen and oxygen atoms in total. The van der Waals surface area contributed by atoms with Gasteiger partial charge in [-0.2, -0.15) is 5.26 Å². The number of benzene rings is 1. The number of rotatable bonds is 4. The Balaban J connectivity index is 2.09. The lowest BCUT2D eigenvalue weighted by molar-refractivity contribution is 0.487. The van der Waals surface area contributed by atoms with Crippen molar-refractivity contribution >= 4 is 17.7 Å². The number of aliphatic imine (C=N–C) groups is 1. The molecule has 1 aromatic rings. The molecule has 0 saturated carbocycles. The highest BCUT2D eigenvalue weighted by Gasteiger charge is 2.23. The van der Waals surface area contributed by atoms with Gasteiger partial charge in [-0.1, -0.05) is 6.07 Å². The first-order valence-electron chi connectivity index (χ1n) is 6.48. The van der Waals surface area contributed by atoms with E-state index in [9.17, 15) is 4.39 Å². The number of hydrogen-bond acceptors (Lipinski definition) is 3. The molecule has 0 saturated heterocycles. The molecule has 0 aromatic heterocycles. The van der Waals surface area contributed by atoms with Crippen molar-refractivity contribution < 1.29 is 4.39 Å². The van der Waals surface area contributed by atoms with Crippen LogP contribution in [-0.4, -0.2) is 25.4 Å². The minimum Gasteiger partial charge on any atom is -0.353 e. The topological polar surface area (TPSA) is 60.2 Å². The third-order valence-corrected chi connectivity index (χ3v) is 4.01. The second-order valence-corrected chi connectivity index (χ2v) is 5.36. The second-order valence-electron chi connectivity index (χ2n) is 4.48. The number of aryl methyl sites for hydroxylation is 1. The molecule has 0 aliphatic heterocycles. The molecule has 1 aromatic carbocycles. The highest BCUT2D eigenvalue weighted by Crippen LogP contribution is 2.33. The van der Waals surface area contributed by atoms with Crippen molar-refractivity contribution in [2.45, 2.75) is 23.8 Å². The van der Waals surface area contributed by atoms with Crippen LogP contribution >= 0.6 is 11.8 Å². The van der Waals surface area contributed by atoms with E-state index >= 15 is 0 Å². The summed E-state index contributed by atoms with van der Waals surface area (Å²) >= 11 is 1.73. The van der Waals surface area contributed by atoms with Gasteiger partial charge in [-0.25, -0.2) is 4.39 Å². The van der Waals surface area contributed by atoms with Gasteiger partial charge >= 0.3 is 0 Å². The predicted octanol–water partition coefficient (Wildman–Crippen LogP) is 2.38. The molecule has 0 fully saturated rings. The standard InChI is InChI=1S/C14H17FN4S/c1-20-11-3-4-12-10(8-11)2-5-13(12)19-14(18-9-16)17-7-6-15/h3-4,8,13H,2,5-7H2,1H3,(H2,17,18,19). The second kappa shape index (κ2) is 7.15. The van der Waals surface area contributed by atoms with Crippen LogP contribution < -0.4 is 10.6 Å². The fraction of sp³-hybridized carbons (Fsp3) is 0.429. The van der Waals surface area contributed by atoms with E-state index < -0.39 is 6.67 Å². The van der Waals surface area contributed by atoms with Crippen LogP contribution in [0.15, 0.2) is 28.1 Å². The smallest absolute Gasteiger partial charge is 0.209 e. The predicted molar refractivity (Wildman–Crippen MR) is 79.4 cm³/mol. The lowest BCUT2D eigenvalue weighted by atomic mass is 10.1. The number of fused-ring (bicyclic) bond motifs is 1. The van der Waals surface area contributed by atoms with Gasteiger partial charge in [0, 0.05) is 11.4 Å². The highest BCUT2D eigenvalue weighted by atomic mass is 32.2. The van der Waals surface area contributed by atoms with E-state index in [-0.39, 0.29) is 12.6 Å². The molecule has 20 heavy (non-hydrogen) atoms. The van der Waals surface area contributed by atoms with E-state index in [2.05, 4.69) is 40.1 Å². The largest absolute Gasteiger partial charge is 0.353 e. The van der Waals surface area contributed by atoms with Crippen LogP contribution in [0.3, 0.4) is 0 Å². The van der Waals surface area contributed by atoms with Crippen molar-refractivity contribution in [3.8, 4) is 6.19 Å². The number of guanidine groups is 1. The normalized spacial score (nSPS) is 17.4. The van der Waals surface area contributed by atoms with Crippen LogP contribution in [0.2, 0.25) is 0 Å². The number of alkyl halides is 1. The van der Waals surface area contributed by atoms with E-state index in [1.165, 1.54) is 16.0 Å². The number of nitriles is 1. The van der Waals surface area contributed by atoms with Gasteiger partial charge in [0.15, 0.2) is 0 Å². The van der Waals surface area contributed by atoms with Crippen LogP contribution in [0.4, 0.5) is 4.39 Å². The summed E-state index contributed by atoms with van der Waals surface area (Å²) in [6.45, 7) is -0.344. The molecule has 0 heterocycles. The average Bonchev–Trinajstić information content (AvgIpc) is 2.87. The fourth-order valence-electron chi connectivity index (χ4n) is 2.37. The van der Waals surface area contributed by atoms with Crippen LogP contribution in [0, 0.1) is 11.5 Å². The number of hydrogen-bond donors (Lipinski definition) is 2. The molecule has 0 bridgehead atoms. The zero-order chi connectivity index (χ0) is 14.4. The molecular weight excluding hydrogens is 275 g/mol. The molecule has 2 N–H and O–H groups in total. The Bertz CT molecular complexity index is 538. The molecule has 1 aliphatic carbocycles. The number of thioether (sulfide) groups is 1. The highest BCUT2D eigenvalue weighted by molar-refractivity contribution is 7.98. The molecular formula is C14H17FN4S. The van der Waals surface area contributed by atoms with E-state index in [4.69, 9.17) is 5.26 Å². The quantitative estimate of drug-likeness (QED) is 0.387. The van der Waals surface area contributed by atoms with Gasteiger partial charge < -0.3 is 10.6 Å². The van der Waals surface area contributed by atoms with E-state index in [0.29, 0.717) is 5.96 Å².